The standard InChI is InChI=1S/C22H28O6/c1-12(23)27-20-10-18-15(9-19(20)25-4)14-7-8-22(3)17(16(14)11-26-18)5-6-21(22)28-13(2)24/h9-10,14,16-17,21H,5-8,11H2,1-4H3/t14-,16-,17+,21?,22+/m1/s1. The molecular weight excluding hydrogens is 360 g/mol. The third kappa shape index (κ3) is 3.03. The second-order valence-electron chi connectivity index (χ2n) is 8.54. The zero-order valence-corrected chi connectivity index (χ0v) is 16.9. The molecule has 0 bridgehead atoms. The monoisotopic (exact) mass is 388 g/mol. The summed E-state index contributed by atoms with van der Waals surface area (Å²) in [5, 5.41) is 0. The van der Waals surface area contributed by atoms with Crippen LogP contribution in [0.3, 0.4) is 0 Å². The Bertz CT molecular complexity index is 802. The van der Waals surface area contributed by atoms with Crippen molar-refractivity contribution in [1.29, 1.82) is 0 Å². The van der Waals surface area contributed by atoms with Crippen LogP contribution in [0.15, 0.2) is 12.1 Å². The first-order valence-electron chi connectivity index (χ1n) is 10.0. The Kier molecular flexibility index (Phi) is 4.76. The summed E-state index contributed by atoms with van der Waals surface area (Å²) in [7, 11) is 1.58. The van der Waals surface area contributed by atoms with Gasteiger partial charge in [-0.3, -0.25) is 9.59 Å². The van der Waals surface area contributed by atoms with Gasteiger partial charge in [0, 0.05) is 36.8 Å². The molecule has 4 rings (SSSR count). The van der Waals surface area contributed by atoms with Gasteiger partial charge in [0.2, 0.25) is 0 Å². The van der Waals surface area contributed by atoms with Crippen LogP contribution >= 0.6 is 0 Å². The van der Waals surface area contributed by atoms with Crippen molar-refractivity contribution in [3.63, 3.8) is 0 Å². The number of carbonyl (C=O) groups is 2. The van der Waals surface area contributed by atoms with E-state index in [2.05, 4.69) is 6.92 Å². The molecule has 6 nitrogen and oxygen atoms in total. The molecule has 28 heavy (non-hydrogen) atoms. The average Bonchev–Trinajstić information content (AvgIpc) is 2.96. The first kappa shape index (κ1) is 19.1. The summed E-state index contributed by atoms with van der Waals surface area (Å²) in [5.41, 5.74) is 1.14. The summed E-state index contributed by atoms with van der Waals surface area (Å²) >= 11 is 0. The van der Waals surface area contributed by atoms with E-state index in [1.165, 1.54) is 13.8 Å². The van der Waals surface area contributed by atoms with Crippen molar-refractivity contribution in [3.05, 3.63) is 17.7 Å². The lowest BCUT2D eigenvalue weighted by Gasteiger charge is -2.49. The second-order valence-corrected chi connectivity index (χ2v) is 8.54. The predicted molar refractivity (Wildman–Crippen MR) is 102 cm³/mol. The van der Waals surface area contributed by atoms with E-state index in [-0.39, 0.29) is 23.5 Å². The topological polar surface area (TPSA) is 71.1 Å². The summed E-state index contributed by atoms with van der Waals surface area (Å²) in [6.45, 7) is 5.78. The molecule has 6 heteroatoms. The van der Waals surface area contributed by atoms with Crippen LogP contribution < -0.4 is 14.2 Å². The van der Waals surface area contributed by atoms with E-state index in [0.717, 1.165) is 37.0 Å². The quantitative estimate of drug-likeness (QED) is 0.578. The van der Waals surface area contributed by atoms with Crippen molar-refractivity contribution in [2.24, 2.45) is 17.3 Å². The van der Waals surface area contributed by atoms with Crippen molar-refractivity contribution in [3.8, 4) is 17.2 Å². The molecule has 1 unspecified atom stereocenters. The lowest BCUT2D eigenvalue weighted by Crippen LogP contribution is -2.46. The molecule has 0 amide bonds. The molecule has 1 heterocycles. The van der Waals surface area contributed by atoms with Crippen LogP contribution in [-0.4, -0.2) is 31.8 Å². The SMILES string of the molecule is COc1cc2c(cc1OC(C)=O)OC[C@@H]1[C@@H]2CC[C@]2(C)C(OC(C)=O)CC[C@@H]12. The number of hydrogen-bond acceptors (Lipinski definition) is 6. The Morgan fingerprint density at radius 1 is 1.11 bits per heavy atom. The Labute approximate surface area is 165 Å². The van der Waals surface area contributed by atoms with Gasteiger partial charge in [-0.2, -0.15) is 0 Å². The van der Waals surface area contributed by atoms with Crippen LogP contribution in [0.4, 0.5) is 0 Å². The molecule has 1 aromatic rings. The molecule has 0 saturated heterocycles. The van der Waals surface area contributed by atoms with Gasteiger partial charge in [-0.25, -0.2) is 0 Å². The number of carbonyl (C=O) groups excluding carboxylic acids is 2. The molecule has 1 aromatic carbocycles. The molecular formula is C22H28O6. The van der Waals surface area contributed by atoms with Gasteiger partial charge >= 0.3 is 11.9 Å². The first-order chi connectivity index (χ1) is 13.3. The van der Waals surface area contributed by atoms with Gasteiger partial charge < -0.3 is 18.9 Å². The Morgan fingerprint density at radius 3 is 2.57 bits per heavy atom. The molecule has 2 fully saturated rings. The van der Waals surface area contributed by atoms with Gasteiger partial charge in [0.1, 0.15) is 11.9 Å². The van der Waals surface area contributed by atoms with Crippen molar-refractivity contribution in [2.75, 3.05) is 13.7 Å². The molecule has 1 aliphatic heterocycles. The highest BCUT2D eigenvalue weighted by molar-refractivity contribution is 5.71. The molecule has 0 aromatic heterocycles. The zero-order chi connectivity index (χ0) is 20.1. The van der Waals surface area contributed by atoms with Crippen LogP contribution in [0, 0.1) is 17.3 Å². The second kappa shape index (κ2) is 6.98. The zero-order valence-electron chi connectivity index (χ0n) is 16.9. The van der Waals surface area contributed by atoms with Crippen LogP contribution in [0.1, 0.15) is 57.9 Å². The number of fused-ring (bicyclic) bond motifs is 5. The minimum absolute atomic E-state index is 0.00164. The molecule has 152 valence electrons. The van der Waals surface area contributed by atoms with Crippen molar-refractivity contribution < 1.29 is 28.5 Å². The summed E-state index contributed by atoms with van der Waals surface area (Å²) in [6, 6.07) is 3.74. The lowest BCUT2D eigenvalue weighted by atomic mass is 9.58. The van der Waals surface area contributed by atoms with Crippen LogP contribution in [0.2, 0.25) is 0 Å². The summed E-state index contributed by atoms with van der Waals surface area (Å²) in [6.07, 6.45) is 4.01. The van der Waals surface area contributed by atoms with Crippen molar-refractivity contribution in [1.82, 2.24) is 0 Å². The van der Waals surface area contributed by atoms with Gasteiger partial charge in [0.25, 0.3) is 0 Å². The maximum atomic E-state index is 11.5. The lowest BCUT2D eigenvalue weighted by molar-refractivity contribution is -0.155. The number of hydrogen-bond donors (Lipinski definition) is 0. The normalized spacial score (nSPS) is 33.0. The minimum atomic E-state index is -0.386. The van der Waals surface area contributed by atoms with Crippen LogP contribution in [0.25, 0.3) is 0 Å². The number of esters is 2. The Hall–Kier alpha value is -2.24. The molecule has 2 saturated carbocycles. The summed E-state index contributed by atoms with van der Waals surface area (Å²) < 4.78 is 22.6. The molecule has 0 spiro atoms. The maximum Gasteiger partial charge on any atom is 0.308 e. The van der Waals surface area contributed by atoms with E-state index in [4.69, 9.17) is 18.9 Å². The summed E-state index contributed by atoms with van der Waals surface area (Å²) in [5.74, 6) is 2.36. The van der Waals surface area contributed by atoms with Crippen molar-refractivity contribution in [2.45, 2.75) is 58.5 Å². The summed E-state index contributed by atoms with van der Waals surface area (Å²) in [4.78, 5) is 22.9. The Morgan fingerprint density at radius 2 is 1.89 bits per heavy atom. The maximum absolute atomic E-state index is 11.5. The highest BCUT2D eigenvalue weighted by atomic mass is 16.6. The number of methoxy groups -OCH3 is 1. The molecule has 0 radical (unpaired) electrons. The molecule has 3 aliphatic rings. The van der Waals surface area contributed by atoms with Gasteiger partial charge in [-0.1, -0.05) is 6.92 Å². The van der Waals surface area contributed by atoms with E-state index in [1.54, 1.807) is 13.2 Å². The third-order valence-electron chi connectivity index (χ3n) is 7.04. The number of rotatable bonds is 3. The average molecular weight is 388 g/mol. The Balaban J connectivity index is 1.64. The van der Waals surface area contributed by atoms with E-state index in [9.17, 15) is 9.59 Å². The van der Waals surface area contributed by atoms with E-state index >= 15 is 0 Å². The van der Waals surface area contributed by atoms with Crippen LogP contribution in [0.5, 0.6) is 17.2 Å². The van der Waals surface area contributed by atoms with Gasteiger partial charge in [-0.15, -0.1) is 0 Å². The highest BCUT2D eigenvalue weighted by Crippen LogP contribution is 2.61. The van der Waals surface area contributed by atoms with Gasteiger partial charge in [-0.05, 0) is 43.6 Å². The highest BCUT2D eigenvalue weighted by Gasteiger charge is 2.56. The van der Waals surface area contributed by atoms with E-state index in [0.29, 0.717) is 35.9 Å². The van der Waals surface area contributed by atoms with Crippen LogP contribution in [-0.2, 0) is 14.3 Å². The van der Waals surface area contributed by atoms with Crippen molar-refractivity contribution >= 4 is 11.9 Å². The third-order valence-corrected chi connectivity index (χ3v) is 7.04. The largest absolute Gasteiger partial charge is 0.493 e. The van der Waals surface area contributed by atoms with E-state index in [1.807, 2.05) is 6.07 Å². The first-order valence-corrected chi connectivity index (χ1v) is 10.0. The molecule has 0 N–H and O–H groups in total. The van der Waals surface area contributed by atoms with Gasteiger partial charge in [0.05, 0.1) is 13.7 Å². The molecule has 2 aliphatic carbocycles. The predicted octanol–water partition coefficient (Wildman–Crippen LogP) is 3.85. The molecule has 5 atom stereocenters. The fourth-order valence-corrected chi connectivity index (χ4v) is 5.80. The minimum Gasteiger partial charge on any atom is -0.493 e. The van der Waals surface area contributed by atoms with E-state index < -0.39 is 0 Å². The number of benzene rings is 1. The van der Waals surface area contributed by atoms with Gasteiger partial charge in [0.15, 0.2) is 11.5 Å². The number of ether oxygens (including phenoxy) is 4. The fraction of sp³-hybridized carbons (Fsp3) is 0.636. The smallest absolute Gasteiger partial charge is 0.308 e. The fourth-order valence-electron chi connectivity index (χ4n) is 5.80.